The third kappa shape index (κ3) is 2.25. The van der Waals surface area contributed by atoms with Crippen LogP contribution in [0, 0.1) is 5.82 Å². The van der Waals surface area contributed by atoms with Crippen LogP contribution in [0.4, 0.5) is 10.1 Å². The Morgan fingerprint density at radius 2 is 2.07 bits per heavy atom. The molecule has 0 aliphatic carbocycles. The zero-order valence-corrected chi connectivity index (χ0v) is 9.08. The van der Waals surface area contributed by atoms with E-state index < -0.39 is 15.8 Å². The molecule has 0 saturated heterocycles. The van der Waals surface area contributed by atoms with Gasteiger partial charge in [-0.25, -0.2) is 12.8 Å². The quantitative estimate of drug-likeness (QED) is 0.613. The van der Waals surface area contributed by atoms with E-state index in [1.54, 1.807) is 0 Å². The lowest BCUT2D eigenvalue weighted by Crippen LogP contribution is -2.26. The molecule has 0 radical (unpaired) electrons. The summed E-state index contributed by atoms with van der Waals surface area (Å²) in [5, 5.41) is 0. The Kier molecular flexibility index (Phi) is 3.28. The minimum Gasteiger partial charge on any atom is -0.398 e. The summed E-state index contributed by atoms with van der Waals surface area (Å²) >= 11 is 0. The third-order valence-corrected chi connectivity index (χ3v) is 3.60. The number of halogens is 1. The van der Waals surface area contributed by atoms with Gasteiger partial charge in [0.25, 0.3) is 10.0 Å². The van der Waals surface area contributed by atoms with Gasteiger partial charge in [-0.05, 0) is 18.2 Å². The first-order valence-corrected chi connectivity index (χ1v) is 5.41. The van der Waals surface area contributed by atoms with Crippen molar-refractivity contribution in [3.05, 3.63) is 24.0 Å². The minimum absolute atomic E-state index is 0.154. The van der Waals surface area contributed by atoms with Gasteiger partial charge in [0.15, 0.2) is 0 Å². The van der Waals surface area contributed by atoms with Gasteiger partial charge in [0.2, 0.25) is 0 Å². The maximum Gasteiger partial charge on any atom is 0.266 e. The largest absolute Gasteiger partial charge is 0.398 e. The molecule has 0 heterocycles. The first-order chi connectivity index (χ1) is 6.89. The first kappa shape index (κ1) is 11.9. The van der Waals surface area contributed by atoms with Gasteiger partial charge >= 0.3 is 0 Å². The van der Waals surface area contributed by atoms with Crippen molar-refractivity contribution < 1.29 is 17.6 Å². The predicted octanol–water partition coefficient (Wildman–Crippen LogP) is 0.590. The molecule has 0 unspecified atom stereocenters. The molecule has 0 aliphatic rings. The molecule has 15 heavy (non-hydrogen) atoms. The van der Waals surface area contributed by atoms with Crippen LogP contribution in [0.15, 0.2) is 23.1 Å². The van der Waals surface area contributed by atoms with E-state index >= 15 is 0 Å². The minimum atomic E-state index is -3.82. The zero-order valence-electron chi connectivity index (χ0n) is 8.27. The van der Waals surface area contributed by atoms with Gasteiger partial charge in [-0.3, -0.25) is 4.84 Å². The zero-order chi connectivity index (χ0) is 11.6. The van der Waals surface area contributed by atoms with Gasteiger partial charge in [0, 0.05) is 7.05 Å². The number of nitrogens with zero attached hydrogens (tertiary/aromatic N) is 1. The molecule has 1 aromatic rings. The van der Waals surface area contributed by atoms with Crippen molar-refractivity contribution >= 4 is 15.7 Å². The topological polar surface area (TPSA) is 72.6 Å². The summed E-state index contributed by atoms with van der Waals surface area (Å²) in [6, 6.07) is 3.05. The number of anilines is 1. The Morgan fingerprint density at radius 3 is 2.53 bits per heavy atom. The third-order valence-electron chi connectivity index (χ3n) is 1.85. The fourth-order valence-corrected chi connectivity index (χ4v) is 2.06. The Balaban J connectivity index is 3.28. The number of hydroxylamine groups is 1. The van der Waals surface area contributed by atoms with Crippen LogP contribution in [-0.2, 0) is 14.9 Å². The number of rotatable bonds is 3. The lowest BCUT2D eigenvalue weighted by Gasteiger charge is -2.15. The van der Waals surface area contributed by atoms with E-state index in [1.807, 2.05) is 0 Å². The van der Waals surface area contributed by atoms with Crippen molar-refractivity contribution in [2.24, 2.45) is 0 Å². The molecule has 1 aromatic carbocycles. The van der Waals surface area contributed by atoms with Gasteiger partial charge in [-0.2, -0.15) is 0 Å². The summed E-state index contributed by atoms with van der Waals surface area (Å²) < 4.78 is 36.7. The van der Waals surface area contributed by atoms with Crippen LogP contribution in [0.2, 0.25) is 0 Å². The van der Waals surface area contributed by atoms with E-state index in [4.69, 9.17) is 5.73 Å². The van der Waals surface area contributed by atoms with Crippen LogP contribution >= 0.6 is 0 Å². The van der Waals surface area contributed by atoms with E-state index in [-0.39, 0.29) is 10.6 Å². The molecule has 0 spiro atoms. The molecule has 0 aliphatic heterocycles. The molecule has 0 saturated carbocycles. The predicted molar refractivity (Wildman–Crippen MR) is 52.8 cm³/mol. The highest BCUT2D eigenvalue weighted by molar-refractivity contribution is 7.89. The second-order valence-electron chi connectivity index (χ2n) is 2.78. The molecule has 0 atom stereocenters. The number of benzene rings is 1. The maximum atomic E-state index is 12.7. The van der Waals surface area contributed by atoms with Crippen LogP contribution in [0.1, 0.15) is 0 Å². The molecule has 0 fully saturated rings. The van der Waals surface area contributed by atoms with Crippen LogP contribution < -0.4 is 5.73 Å². The van der Waals surface area contributed by atoms with E-state index in [0.717, 1.165) is 18.2 Å². The lowest BCUT2D eigenvalue weighted by atomic mass is 10.3. The van der Waals surface area contributed by atoms with Crippen molar-refractivity contribution in [2.75, 3.05) is 19.9 Å². The summed E-state index contributed by atoms with van der Waals surface area (Å²) in [5.41, 5.74) is 5.24. The normalized spacial score (nSPS) is 12.0. The highest BCUT2D eigenvalue weighted by Gasteiger charge is 2.23. The molecular weight excluding hydrogens is 223 g/mol. The molecule has 0 amide bonds. The average Bonchev–Trinajstić information content (AvgIpc) is 2.15. The van der Waals surface area contributed by atoms with Gasteiger partial charge in [0.1, 0.15) is 10.7 Å². The Bertz CT molecular complexity index is 461. The average molecular weight is 234 g/mol. The molecular formula is C8H11FN2O3S. The number of hydrogen-bond donors (Lipinski definition) is 1. The van der Waals surface area contributed by atoms with Crippen LogP contribution in [0.5, 0.6) is 0 Å². The summed E-state index contributed by atoms with van der Waals surface area (Å²) in [6.45, 7) is 0. The highest BCUT2D eigenvalue weighted by Crippen LogP contribution is 2.22. The number of nitrogen functional groups attached to an aromatic ring is 1. The lowest BCUT2D eigenvalue weighted by molar-refractivity contribution is -0.0258. The fraction of sp³-hybridized carbons (Fsp3) is 0.250. The van der Waals surface area contributed by atoms with Crippen molar-refractivity contribution in [1.82, 2.24) is 4.47 Å². The second kappa shape index (κ2) is 4.13. The second-order valence-corrected chi connectivity index (χ2v) is 4.68. The Morgan fingerprint density at radius 1 is 1.47 bits per heavy atom. The summed E-state index contributed by atoms with van der Waals surface area (Å²) in [7, 11) is -1.39. The molecule has 7 heteroatoms. The van der Waals surface area contributed by atoms with Crippen molar-refractivity contribution in [3.63, 3.8) is 0 Å². The van der Waals surface area contributed by atoms with E-state index in [9.17, 15) is 12.8 Å². The molecule has 1 rings (SSSR count). The highest BCUT2D eigenvalue weighted by atomic mass is 32.2. The maximum absolute atomic E-state index is 12.7. The molecule has 5 nitrogen and oxygen atoms in total. The monoisotopic (exact) mass is 234 g/mol. The Hall–Kier alpha value is -1.18. The van der Waals surface area contributed by atoms with E-state index in [0.29, 0.717) is 4.47 Å². The molecule has 0 bridgehead atoms. The van der Waals surface area contributed by atoms with Crippen molar-refractivity contribution in [2.45, 2.75) is 4.90 Å². The molecule has 0 aromatic heterocycles. The molecule has 2 N–H and O–H groups in total. The first-order valence-electron chi connectivity index (χ1n) is 3.97. The standard InChI is InChI=1S/C8H11FN2O3S/c1-11(14-2)15(12,13)8-4-3-6(9)5-7(8)10/h3-5H,10H2,1-2H3. The van der Waals surface area contributed by atoms with Gasteiger partial charge in [-0.1, -0.05) is 4.47 Å². The van der Waals surface area contributed by atoms with Crippen molar-refractivity contribution in [3.8, 4) is 0 Å². The molecule has 84 valence electrons. The summed E-state index contributed by atoms with van der Waals surface area (Å²) in [4.78, 5) is 4.36. The van der Waals surface area contributed by atoms with Crippen LogP contribution in [0.3, 0.4) is 0 Å². The summed E-state index contributed by atoms with van der Waals surface area (Å²) in [5.74, 6) is -0.591. The van der Waals surface area contributed by atoms with Gasteiger partial charge in [0.05, 0.1) is 12.8 Å². The van der Waals surface area contributed by atoms with Crippen LogP contribution in [-0.4, -0.2) is 27.0 Å². The number of sulfonamides is 1. The fourth-order valence-electron chi connectivity index (χ4n) is 0.991. The van der Waals surface area contributed by atoms with Gasteiger partial charge in [-0.15, -0.1) is 0 Å². The Labute approximate surface area is 87.3 Å². The van der Waals surface area contributed by atoms with Crippen LogP contribution in [0.25, 0.3) is 0 Å². The van der Waals surface area contributed by atoms with Gasteiger partial charge < -0.3 is 5.73 Å². The SMILES string of the molecule is CON(C)S(=O)(=O)c1ccc(F)cc1N. The van der Waals surface area contributed by atoms with E-state index in [1.165, 1.54) is 14.2 Å². The van der Waals surface area contributed by atoms with Crippen molar-refractivity contribution in [1.29, 1.82) is 0 Å². The number of nitrogens with two attached hydrogens (primary N) is 1. The smallest absolute Gasteiger partial charge is 0.266 e. The summed E-state index contributed by atoms with van der Waals surface area (Å²) in [6.07, 6.45) is 0. The van der Waals surface area contributed by atoms with E-state index in [2.05, 4.69) is 4.84 Å². The number of hydrogen-bond acceptors (Lipinski definition) is 4.